The monoisotopic (exact) mass is 371 g/mol. The largest absolute Gasteiger partial charge is 0.332 e. The minimum Gasteiger partial charge on any atom is -0.332 e. The average Bonchev–Trinajstić information content (AvgIpc) is 2.37. The molecule has 1 aromatic rings. The van der Waals surface area contributed by atoms with E-state index in [0.29, 0.717) is 5.33 Å². The van der Waals surface area contributed by atoms with E-state index in [4.69, 9.17) is 11.6 Å². The third-order valence-electron chi connectivity index (χ3n) is 2.40. The molecule has 1 amide bonds. The Bertz CT molecular complexity index is 448. The van der Waals surface area contributed by atoms with E-state index in [2.05, 4.69) is 15.9 Å². The smallest absolute Gasteiger partial charge is 0.255 e. The zero-order chi connectivity index (χ0) is 14.4. The number of nitrogens with zero attached hydrogens (tertiary/aromatic N) is 1. The Morgan fingerprint density at radius 2 is 2.21 bits per heavy atom. The number of halogens is 4. The molecule has 1 rings (SSSR count). The standard InChI is InChI=1S/C12H13BrClF2NOS/c1-19-8-2-3-10(14)9(6-8)12(18)17(5-4-13)7-11(15)16/h2-3,6,11H,4-5,7H2,1H3. The Hall–Kier alpha value is -0.330. The second-order valence-corrected chi connectivity index (χ2v) is 5.76. The predicted octanol–water partition coefficient (Wildman–Crippen LogP) is 4.16. The van der Waals surface area contributed by atoms with Crippen LogP contribution in [-0.4, -0.2) is 41.9 Å². The van der Waals surface area contributed by atoms with Crippen molar-refractivity contribution in [2.75, 3.05) is 24.7 Å². The van der Waals surface area contributed by atoms with E-state index in [0.717, 1.165) is 9.80 Å². The third-order valence-corrected chi connectivity index (χ3v) is 3.81. The molecule has 0 bridgehead atoms. The lowest BCUT2D eigenvalue weighted by Crippen LogP contribution is -2.36. The summed E-state index contributed by atoms with van der Waals surface area (Å²) in [6, 6.07) is 5.02. The van der Waals surface area contributed by atoms with E-state index in [-0.39, 0.29) is 17.1 Å². The van der Waals surface area contributed by atoms with Gasteiger partial charge in [0.15, 0.2) is 0 Å². The van der Waals surface area contributed by atoms with Crippen LogP contribution >= 0.6 is 39.3 Å². The second kappa shape index (κ2) is 8.07. The maximum atomic E-state index is 12.5. The minimum absolute atomic E-state index is 0.211. The summed E-state index contributed by atoms with van der Waals surface area (Å²) in [6.07, 6.45) is -0.696. The van der Waals surface area contributed by atoms with Crippen LogP contribution < -0.4 is 0 Å². The van der Waals surface area contributed by atoms with Crippen LogP contribution in [0.2, 0.25) is 5.02 Å². The third kappa shape index (κ3) is 4.93. The summed E-state index contributed by atoms with van der Waals surface area (Å²) < 4.78 is 25.0. The summed E-state index contributed by atoms with van der Waals surface area (Å²) in [6.45, 7) is -0.382. The minimum atomic E-state index is -2.56. The van der Waals surface area contributed by atoms with E-state index in [1.54, 1.807) is 18.2 Å². The summed E-state index contributed by atoms with van der Waals surface area (Å²) >= 11 is 10.6. The van der Waals surface area contributed by atoms with Crippen LogP contribution in [0.5, 0.6) is 0 Å². The first-order chi connectivity index (χ1) is 8.99. The normalized spacial score (nSPS) is 10.8. The summed E-state index contributed by atoms with van der Waals surface area (Å²) in [7, 11) is 0. The van der Waals surface area contributed by atoms with Crippen LogP contribution in [0.15, 0.2) is 23.1 Å². The van der Waals surface area contributed by atoms with Crippen LogP contribution in [0, 0.1) is 0 Å². The number of carbonyl (C=O) groups is 1. The van der Waals surface area contributed by atoms with Gasteiger partial charge < -0.3 is 4.90 Å². The number of amides is 1. The molecule has 0 spiro atoms. The molecule has 0 aliphatic rings. The zero-order valence-electron chi connectivity index (χ0n) is 10.2. The molecule has 0 fully saturated rings. The van der Waals surface area contributed by atoms with Gasteiger partial charge in [0.1, 0.15) is 0 Å². The molecular weight excluding hydrogens is 360 g/mol. The number of rotatable bonds is 6. The molecule has 2 nitrogen and oxygen atoms in total. The second-order valence-electron chi connectivity index (χ2n) is 3.68. The SMILES string of the molecule is CSc1ccc(Cl)c(C(=O)N(CCBr)CC(F)F)c1. The molecule has 0 saturated carbocycles. The fourth-order valence-electron chi connectivity index (χ4n) is 1.51. The van der Waals surface area contributed by atoms with Gasteiger partial charge in [-0.3, -0.25) is 4.79 Å². The van der Waals surface area contributed by atoms with Crippen molar-refractivity contribution >= 4 is 45.2 Å². The fraction of sp³-hybridized carbons (Fsp3) is 0.417. The highest BCUT2D eigenvalue weighted by atomic mass is 79.9. The average molecular weight is 373 g/mol. The number of benzene rings is 1. The van der Waals surface area contributed by atoms with E-state index >= 15 is 0 Å². The van der Waals surface area contributed by atoms with Gasteiger partial charge in [0.2, 0.25) is 0 Å². The highest BCUT2D eigenvalue weighted by Gasteiger charge is 2.21. The van der Waals surface area contributed by atoms with Crippen LogP contribution in [0.4, 0.5) is 8.78 Å². The molecule has 0 aliphatic carbocycles. The van der Waals surface area contributed by atoms with Gasteiger partial charge in [0, 0.05) is 16.8 Å². The van der Waals surface area contributed by atoms with Gasteiger partial charge in [0.25, 0.3) is 12.3 Å². The van der Waals surface area contributed by atoms with Crippen LogP contribution in [0.1, 0.15) is 10.4 Å². The first-order valence-corrected chi connectivity index (χ1v) is 8.19. The molecule has 0 heterocycles. The molecule has 0 atom stereocenters. The lowest BCUT2D eigenvalue weighted by molar-refractivity contribution is 0.0572. The van der Waals surface area contributed by atoms with Crippen LogP contribution in [0.25, 0.3) is 0 Å². The number of thioether (sulfide) groups is 1. The lowest BCUT2D eigenvalue weighted by Gasteiger charge is -2.22. The molecule has 19 heavy (non-hydrogen) atoms. The van der Waals surface area contributed by atoms with E-state index in [9.17, 15) is 13.6 Å². The number of hydrogen-bond acceptors (Lipinski definition) is 2. The lowest BCUT2D eigenvalue weighted by atomic mass is 10.2. The quantitative estimate of drug-likeness (QED) is 0.552. The molecule has 0 N–H and O–H groups in total. The first-order valence-electron chi connectivity index (χ1n) is 5.46. The van der Waals surface area contributed by atoms with Crippen molar-refractivity contribution in [3.8, 4) is 0 Å². The molecule has 1 aromatic carbocycles. The van der Waals surface area contributed by atoms with E-state index in [1.807, 2.05) is 6.26 Å². The summed E-state index contributed by atoms with van der Waals surface area (Å²) in [5.41, 5.74) is 0.259. The van der Waals surface area contributed by atoms with Crippen molar-refractivity contribution in [3.63, 3.8) is 0 Å². The molecule has 0 aromatic heterocycles. The highest BCUT2D eigenvalue weighted by molar-refractivity contribution is 9.09. The van der Waals surface area contributed by atoms with Gasteiger partial charge in [0.05, 0.1) is 17.1 Å². The van der Waals surface area contributed by atoms with Gasteiger partial charge in [-0.2, -0.15) is 0 Å². The van der Waals surface area contributed by atoms with Crippen molar-refractivity contribution in [1.29, 1.82) is 0 Å². The molecule has 0 unspecified atom stereocenters. The zero-order valence-corrected chi connectivity index (χ0v) is 13.4. The van der Waals surface area contributed by atoms with Crippen molar-refractivity contribution in [3.05, 3.63) is 28.8 Å². The fourth-order valence-corrected chi connectivity index (χ4v) is 2.58. The van der Waals surface area contributed by atoms with Crippen molar-refractivity contribution in [2.45, 2.75) is 11.3 Å². The number of carbonyl (C=O) groups excluding carboxylic acids is 1. The molecular formula is C12H13BrClF2NOS. The first kappa shape index (κ1) is 16.7. The Morgan fingerprint density at radius 3 is 2.74 bits per heavy atom. The van der Waals surface area contributed by atoms with Gasteiger partial charge >= 0.3 is 0 Å². The molecule has 0 aliphatic heterocycles. The number of hydrogen-bond donors (Lipinski definition) is 0. The Balaban J connectivity index is 3.01. The van der Waals surface area contributed by atoms with E-state index < -0.39 is 18.9 Å². The summed E-state index contributed by atoms with van der Waals surface area (Å²) in [5.74, 6) is -0.472. The van der Waals surface area contributed by atoms with Gasteiger partial charge in [-0.05, 0) is 24.5 Å². The topological polar surface area (TPSA) is 20.3 Å². The Morgan fingerprint density at radius 1 is 1.53 bits per heavy atom. The molecule has 7 heteroatoms. The maximum Gasteiger partial charge on any atom is 0.255 e. The van der Waals surface area contributed by atoms with Gasteiger partial charge in [-0.1, -0.05) is 27.5 Å². The predicted molar refractivity (Wildman–Crippen MR) is 78.9 cm³/mol. The van der Waals surface area contributed by atoms with Gasteiger partial charge in [-0.15, -0.1) is 11.8 Å². The van der Waals surface area contributed by atoms with Crippen LogP contribution in [0.3, 0.4) is 0 Å². The van der Waals surface area contributed by atoms with Gasteiger partial charge in [-0.25, -0.2) is 8.78 Å². The Kier molecular flexibility index (Phi) is 7.10. The molecule has 0 saturated heterocycles. The molecule has 0 radical (unpaired) electrons. The Labute approximate surface area is 128 Å². The van der Waals surface area contributed by atoms with Crippen molar-refractivity contribution in [2.24, 2.45) is 0 Å². The maximum absolute atomic E-state index is 12.5. The highest BCUT2D eigenvalue weighted by Crippen LogP contribution is 2.24. The number of alkyl halides is 3. The summed E-state index contributed by atoms with van der Waals surface area (Å²) in [4.78, 5) is 14.2. The van der Waals surface area contributed by atoms with E-state index in [1.165, 1.54) is 11.8 Å². The molecule has 106 valence electrons. The van der Waals surface area contributed by atoms with Crippen molar-refractivity contribution in [1.82, 2.24) is 4.90 Å². The van der Waals surface area contributed by atoms with Crippen molar-refractivity contribution < 1.29 is 13.6 Å². The van der Waals surface area contributed by atoms with Crippen LogP contribution in [-0.2, 0) is 0 Å². The summed E-state index contributed by atoms with van der Waals surface area (Å²) in [5, 5.41) is 0.710.